The Kier molecular flexibility index (Phi) is 3.63. The third-order valence-electron chi connectivity index (χ3n) is 3.38. The molecular formula is C15H14F2N2OS. The molecule has 1 saturated carbocycles. The van der Waals surface area contributed by atoms with Crippen LogP contribution in [0.2, 0.25) is 0 Å². The van der Waals surface area contributed by atoms with Gasteiger partial charge in [-0.05, 0) is 36.6 Å². The number of nitrogens with one attached hydrogen (secondary N) is 1. The summed E-state index contributed by atoms with van der Waals surface area (Å²) >= 11 is 1.31. The summed E-state index contributed by atoms with van der Waals surface area (Å²) in [6.07, 6.45) is 1.88. The summed E-state index contributed by atoms with van der Waals surface area (Å²) in [6.45, 7) is 0.341. The Morgan fingerprint density at radius 3 is 2.71 bits per heavy atom. The average molecular weight is 308 g/mol. The monoisotopic (exact) mass is 308 g/mol. The molecule has 0 bridgehead atoms. The fraction of sp³-hybridized carbons (Fsp3) is 0.267. The molecule has 3 rings (SSSR count). The number of nitrogens with two attached hydrogens (primary N) is 1. The van der Waals surface area contributed by atoms with Gasteiger partial charge in [0.05, 0.1) is 15.6 Å². The minimum atomic E-state index is -0.871. The van der Waals surface area contributed by atoms with Gasteiger partial charge in [-0.2, -0.15) is 0 Å². The summed E-state index contributed by atoms with van der Waals surface area (Å²) in [4.78, 5) is 12.6. The van der Waals surface area contributed by atoms with Crippen molar-refractivity contribution >= 4 is 27.8 Å². The quantitative estimate of drug-likeness (QED) is 0.826. The molecule has 0 amide bonds. The second-order valence-corrected chi connectivity index (χ2v) is 6.19. The van der Waals surface area contributed by atoms with Gasteiger partial charge in [-0.1, -0.05) is 6.07 Å². The molecule has 0 atom stereocenters. The second-order valence-electron chi connectivity index (χ2n) is 5.14. The Balaban J connectivity index is 1.69. The van der Waals surface area contributed by atoms with Gasteiger partial charge in [-0.25, -0.2) is 8.78 Å². The van der Waals surface area contributed by atoms with Crippen molar-refractivity contribution < 1.29 is 13.6 Å². The van der Waals surface area contributed by atoms with Crippen molar-refractivity contribution in [3.05, 3.63) is 46.3 Å². The summed E-state index contributed by atoms with van der Waals surface area (Å²) in [7, 11) is 0. The molecule has 1 aromatic carbocycles. The number of ketones is 1. The number of hydrogen-bond donors (Lipinski definition) is 2. The van der Waals surface area contributed by atoms with Crippen molar-refractivity contribution in [1.29, 1.82) is 0 Å². The van der Waals surface area contributed by atoms with Crippen LogP contribution in [0.15, 0.2) is 24.3 Å². The number of Topliss-reactive ketones (excluding diaryl/α,β-unsaturated/α-hetero) is 1. The van der Waals surface area contributed by atoms with E-state index in [2.05, 4.69) is 5.32 Å². The molecule has 2 aromatic rings. The third kappa shape index (κ3) is 3.05. The minimum absolute atomic E-state index is 0.110. The van der Waals surface area contributed by atoms with Crippen molar-refractivity contribution in [2.24, 2.45) is 5.92 Å². The highest BCUT2D eigenvalue weighted by atomic mass is 32.1. The van der Waals surface area contributed by atoms with E-state index < -0.39 is 11.6 Å². The highest BCUT2D eigenvalue weighted by Crippen LogP contribution is 2.38. The van der Waals surface area contributed by atoms with Crippen molar-refractivity contribution in [3.8, 4) is 0 Å². The van der Waals surface area contributed by atoms with Gasteiger partial charge in [-0.15, -0.1) is 11.3 Å². The number of nitrogen functional groups attached to an aromatic ring is 1. The third-order valence-corrected chi connectivity index (χ3v) is 4.51. The molecule has 0 saturated heterocycles. The number of carbonyl (C=O) groups excluding carboxylic acids is 1. The summed E-state index contributed by atoms with van der Waals surface area (Å²) in [6, 6.07) is 5.46. The zero-order valence-corrected chi connectivity index (χ0v) is 12.0. The van der Waals surface area contributed by atoms with Crippen molar-refractivity contribution in [3.63, 3.8) is 0 Å². The predicted octanol–water partition coefficient (Wildman–Crippen LogP) is 3.81. The van der Waals surface area contributed by atoms with Gasteiger partial charge in [-0.3, -0.25) is 4.79 Å². The first-order valence-corrected chi connectivity index (χ1v) is 7.47. The van der Waals surface area contributed by atoms with E-state index in [1.807, 2.05) is 0 Å². The van der Waals surface area contributed by atoms with Crippen molar-refractivity contribution in [1.82, 2.24) is 0 Å². The first-order chi connectivity index (χ1) is 10.0. The largest absolute Gasteiger partial charge is 0.397 e. The molecule has 1 heterocycles. The maximum atomic E-state index is 13.1. The molecule has 0 spiro atoms. The van der Waals surface area contributed by atoms with Gasteiger partial charge in [0.25, 0.3) is 0 Å². The lowest BCUT2D eigenvalue weighted by Gasteiger charge is -2.04. The SMILES string of the molecule is Nc1cc(NCc2ccc(F)c(F)c2)sc1C(=O)C1CC1. The maximum Gasteiger partial charge on any atom is 0.178 e. The fourth-order valence-electron chi connectivity index (χ4n) is 2.05. The van der Waals surface area contributed by atoms with Crippen molar-refractivity contribution in [2.45, 2.75) is 19.4 Å². The first kappa shape index (κ1) is 14.0. The summed E-state index contributed by atoms with van der Waals surface area (Å²) in [5, 5.41) is 3.83. The van der Waals surface area contributed by atoms with Crippen LogP contribution in [0.1, 0.15) is 28.1 Å². The number of carbonyl (C=O) groups is 1. The van der Waals surface area contributed by atoms with Gasteiger partial charge >= 0.3 is 0 Å². The molecule has 0 unspecified atom stereocenters. The lowest BCUT2D eigenvalue weighted by molar-refractivity contribution is 0.0972. The minimum Gasteiger partial charge on any atom is -0.397 e. The van der Waals surface area contributed by atoms with Gasteiger partial charge in [0.1, 0.15) is 0 Å². The van der Waals surface area contributed by atoms with E-state index in [0.717, 1.165) is 30.0 Å². The topological polar surface area (TPSA) is 55.1 Å². The number of thiophene rings is 1. The molecule has 1 aliphatic rings. The van der Waals surface area contributed by atoms with Crippen LogP contribution in [-0.4, -0.2) is 5.78 Å². The highest BCUT2D eigenvalue weighted by Gasteiger charge is 2.32. The Bertz CT molecular complexity index is 695. The smallest absolute Gasteiger partial charge is 0.178 e. The van der Waals surface area contributed by atoms with E-state index in [1.165, 1.54) is 17.4 Å². The number of hydrogen-bond acceptors (Lipinski definition) is 4. The molecule has 21 heavy (non-hydrogen) atoms. The lowest BCUT2D eigenvalue weighted by Crippen LogP contribution is -2.01. The van der Waals surface area contributed by atoms with E-state index in [1.54, 1.807) is 6.07 Å². The molecule has 0 radical (unpaired) electrons. The standard InChI is InChI=1S/C15H14F2N2OS/c16-10-4-1-8(5-11(10)17)7-19-13-6-12(18)15(21-13)14(20)9-2-3-9/h1,4-6,9,19H,2-3,7,18H2. The first-order valence-electron chi connectivity index (χ1n) is 6.66. The van der Waals surface area contributed by atoms with Crippen LogP contribution in [-0.2, 0) is 6.54 Å². The lowest BCUT2D eigenvalue weighted by atomic mass is 10.2. The highest BCUT2D eigenvalue weighted by molar-refractivity contribution is 7.18. The molecule has 6 heteroatoms. The number of halogens is 2. The molecule has 0 aliphatic heterocycles. The van der Waals surface area contributed by atoms with Gasteiger partial charge in [0, 0.05) is 12.5 Å². The van der Waals surface area contributed by atoms with Crippen LogP contribution in [0.4, 0.5) is 19.5 Å². The molecule has 110 valence electrons. The molecule has 1 aliphatic carbocycles. The van der Waals surface area contributed by atoms with E-state index in [4.69, 9.17) is 5.73 Å². The van der Waals surface area contributed by atoms with Crippen LogP contribution >= 0.6 is 11.3 Å². The molecule has 3 nitrogen and oxygen atoms in total. The van der Waals surface area contributed by atoms with E-state index in [9.17, 15) is 13.6 Å². The van der Waals surface area contributed by atoms with Crippen molar-refractivity contribution in [2.75, 3.05) is 11.1 Å². The molecule has 1 fully saturated rings. The molecule has 3 N–H and O–H groups in total. The number of benzene rings is 1. The Hall–Kier alpha value is -1.95. The van der Waals surface area contributed by atoms with E-state index >= 15 is 0 Å². The van der Waals surface area contributed by atoms with E-state index in [-0.39, 0.29) is 11.7 Å². The zero-order chi connectivity index (χ0) is 15.0. The normalized spacial score (nSPS) is 14.2. The maximum absolute atomic E-state index is 13.1. The van der Waals surface area contributed by atoms with Gasteiger partial charge < -0.3 is 11.1 Å². The summed E-state index contributed by atoms with van der Waals surface area (Å²) in [5.41, 5.74) is 6.96. The molecular weight excluding hydrogens is 294 g/mol. The Morgan fingerprint density at radius 1 is 1.29 bits per heavy atom. The fourth-order valence-corrected chi connectivity index (χ4v) is 3.05. The van der Waals surface area contributed by atoms with Crippen LogP contribution in [0, 0.1) is 17.6 Å². The van der Waals surface area contributed by atoms with Crippen LogP contribution in [0.25, 0.3) is 0 Å². The second kappa shape index (κ2) is 5.44. The Labute approximate surface area is 124 Å². The Morgan fingerprint density at radius 2 is 2.05 bits per heavy atom. The van der Waals surface area contributed by atoms with Gasteiger partial charge in [0.15, 0.2) is 17.4 Å². The zero-order valence-electron chi connectivity index (χ0n) is 11.2. The average Bonchev–Trinajstić information content (AvgIpc) is 3.23. The summed E-state index contributed by atoms with van der Waals surface area (Å²) in [5.74, 6) is -1.50. The van der Waals surface area contributed by atoms with Gasteiger partial charge in [0.2, 0.25) is 0 Å². The predicted molar refractivity (Wildman–Crippen MR) is 79.5 cm³/mol. The van der Waals surface area contributed by atoms with Crippen LogP contribution in [0.3, 0.4) is 0 Å². The molecule has 1 aromatic heterocycles. The van der Waals surface area contributed by atoms with E-state index in [0.29, 0.717) is 22.7 Å². The summed E-state index contributed by atoms with van der Waals surface area (Å²) < 4.78 is 26.0. The number of rotatable bonds is 5. The number of anilines is 2. The van der Waals surface area contributed by atoms with Crippen LogP contribution in [0.5, 0.6) is 0 Å². The van der Waals surface area contributed by atoms with Crippen LogP contribution < -0.4 is 11.1 Å².